The van der Waals surface area contributed by atoms with Gasteiger partial charge in [-0.3, -0.25) is 15.2 Å². The van der Waals surface area contributed by atoms with Crippen molar-refractivity contribution in [1.29, 1.82) is 0 Å². The number of non-ortho nitro benzene ring substituents is 1. The van der Waals surface area contributed by atoms with Crippen LogP contribution in [0.1, 0.15) is 33.3 Å². The fourth-order valence-electron chi connectivity index (χ4n) is 3.11. The second-order valence-corrected chi connectivity index (χ2v) is 15.5. The number of benzene rings is 1. The standard InChI is InChI=1S/C19H30BN3O5Si/c1-18(2)19(3,4)28-20(27-18)17-15-11-14(23(24)25)10-13(16(15)21-22-17)12-26-8-9-29(5,6)7/h10-11H,8-9,12H2,1-7H3,(H,21,22). The second kappa shape index (κ2) is 7.50. The van der Waals surface area contributed by atoms with Gasteiger partial charge >= 0.3 is 7.12 Å². The minimum Gasteiger partial charge on any atom is -0.398 e. The molecule has 0 amide bonds. The Morgan fingerprint density at radius 2 is 1.83 bits per heavy atom. The number of nitrogens with one attached hydrogen (secondary N) is 1. The predicted molar refractivity (Wildman–Crippen MR) is 116 cm³/mol. The molecule has 8 nitrogen and oxygen atoms in total. The topological polar surface area (TPSA) is 99.5 Å². The number of H-pyrrole nitrogens is 1. The summed E-state index contributed by atoms with van der Waals surface area (Å²) in [6.45, 7) is 15.6. The number of aromatic nitrogens is 2. The van der Waals surface area contributed by atoms with Crippen molar-refractivity contribution < 1.29 is 19.0 Å². The van der Waals surface area contributed by atoms with Crippen LogP contribution in [0.5, 0.6) is 0 Å². The molecule has 1 aliphatic rings. The summed E-state index contributed by atoms with van der Waals surface area (Å²) >= 11 is 0. The van der Waals surface area contributed by atoms with Gasteiger partial charge in [0.15, 0.2) is 0 Å². The third-order valence-corrected chi connectivity index (χ3v) is 7.41. The van der Waals surface area contributed by atoms with Crippen LogP contribution in [0.2, 0.25) is 25.7 Å². The summed E-state index contributed by atoms with van der Waals surface area (Å²) in [6, 6.07) is 4.08. The summed E-state index contributed by atoms with van der Waals surface area (Å²) in [7, 11) is -1.88. The van der Waals surface area contributed by atoms with Gasteiger partial charge < -0.3 is 14.0 Å². The van der Waals surface area contributed by atoms with E-state index in [1.165, 1.54) is 12.1 Å². The third-order valence-electron chi connectivity index (χ3n) is 5.71. The molecule has 0 atom stereocenters. The van der Waals surface area contributed by atoms with Crippen molar-refractivity contribution in [2.45, 2.75) is 71.2 Å². The van der Waals surface area contributed by atoms with Crippen molar-refractivity contribution in [3.8, 4) is 0 Å². The zero-order valence-electron chi connectivity index (χ0n) is 18.3. The van der Waals surface area contributed by atoms with E-state index < -0.39 is 31.3 Å². The van der Waals surface area contributed by atoms with E-state index in [0.717, 1.165) is 6.04 Å². The van der Waals surface area contributed by atoms with Crippen LogP contribution in [0.25, 0.3) is 10.9 Å². The Hall–Kier alpha value is -1.75. The van der Waals surface area contributed by atoms with E-state index in [4.69, 9.17) is 14.0 Å². The van der Waals surface area contributed by atoms with Crippen LogP contribution in [0.4, 0.5) is 5.69 Å². The highest BCUT2D eigenvalue weighted by molar-refractivity contribution is 6.76. The van der Waals surface area contributed by atoms with Gasteiger partial charge in [0.25, 0.3) is 5.69 Å². The summed E-state index contributed by atoms with van der Waals surface area (Å²) in [6.07, 6.45) is 0. The fraction of sp³-hybridized carbons (Fsp3) is 0.632. The fourth-order valence-corrected chi connectivity index (χ4v) is 3.86. The Labute approximate surface area is 172 Å². The Morgan fingerprint density at radius 1 is 1.21 bits per heavy atom. The molecule has 0 radical (unpaired) electrons. The minimum absolute atomic E-state index is 0.000429. The van der Waals surface area contributed by atoms with E-state index in [-0.39, 0.29) is 12.3 Å². The average molecular weight is 419 g/mol. The molecule has 10 heteroatoms. The lowest BCUT2D eigenvalue weighted by Crippen LogP contribution is -2.41. The molecule has 2 aromatic rings. The van der Waals surface area contributed by atoms with Crippen molar-refractivity contribution >= 4 is 37.4 Å². The Balaban J connectivity index is 1.92. The Morgan fingerprint density at radius 3 is 2.38 bits per heavy atom. The normalized spacial score (nSPS) is 18.5. The molecule has 3 rings (SSSR count). The lowest BCUT2D eigenvalue weighted by Gasteiger charge is -2.32. The maximum absolute atomic E-state index is 11.5. The first kappa shape index (κ1) is 21.9. The second-order valence-electron chi connectivity index (χ2n) is 9.85. The van der Waals surface area contributed by atoms with Crippen molar-refractivity contribution in [1.82, 2.24) is 10.2 Å². The van der Waals surface area contributed by atoms with Gasteiger partial charge in [0, 0.05) is 37.8 Å². The highest BCUT2D eigenvalue weighted by Gasteiger charge is 2.53. The van der Waals surface area contributed by atoms with Gasteiger partial charge in [0.1, 0.15) is 0 Å². The van der Waals surface area contributed by atoms with Crippen LogP contribution in [0.3, 0.4) is 0 Å². The van der Waals surface area contributed by atoms with Gasteiger partial charge in [0.05, 0.1) is 33.8 Å². The molecule has 0 unspecified atom stereocenters. The summed E-state index contributed by atoms with van der Waals surface area (Å²) < 4.78 is 18.0. The smallest absolute Gasteiger partial charge is 0.398 e. The molecule has 1 fully saturated rings. The highest BCUT2D eigenvalue weighted by Crippen LogP contribution is 2.37. The molecule has 2 heterocycles. The van der Waals surface area contributed by atoms with Crippen molar-refractivity contribution in [3.05, 3.63) is 27.8 Å². The van der Waals surface area contributed by atoms with Crippen LogP contribution in [0.15, 0.2) is 12.1 Å². The molecule has 1 aromatic heterocycles. The van der Waals surface area contributed by atoms with Gasteiger partial charge in [-0.25, -0.2) is 0 Å². The van der Waals surface area contributed by atoms with Crippen molar-refractivity contribution in [2.24, 2.45) is 0 Å². The Kier molecular flexibility index (Phi) is 5.67. The minimum atomic E-state index is -1.21. The molecule has 1 saturated heterocycles. The molecule has 1 aliphatic heterocycles. The number of nitro groups is 1. The third kappa shape index (κ3) is 4.55. The maximum Gasteiger partial charge on any atom is 0.514 e. The van der Waals surface area contributed by atoms with E-state index in [1.807, 2.05) is 27.7 Å². The Bertz CT molecular complexity index is 906. The summed E-state index contributed by atoms with van der Waals surface area (Å²) in [5.74, 6) is 0. The summed E-state index contributed by atoms with van der Waals surface area (Å²) in [5, 5.41) is 19.5. The maximum atomic E-state index is 11.5. The quantitative estimate of drug-likeness (QED) is 0.319. The summed E-state index contributed by atoms with van der Waals surface area (Å²) in [5.41, 5.74) is 0.889. The molecule has 0 spiro atoms. The van der Waals surface area contributed by atoms with Gasteiger partial charge in [-0.2, -0.15) is 5.10 Å². The van der Waals surface area contributed by atoms with Gasteiger partial charge in [0.2, 0.25) is 0 Å². The van der Waals surface area contributed by atoms with Crippen LogP contribution in [0, 0.1) is 10.1 Å². The molecule has 29 heavy (non-hydrogen) atoms. The number of ether oxygens (including phenoxy) is 1. The van der Waals surface area contributed by atoms with E-state index in [0.29, 0.717) is 28.7 Å². The predicted octanol–water partition coefficient (Wildman–Crippen LogP) is 3.63. The first-order valence-corrected chi connectivity index (χ1v) is 13.6. The molecule has 1 aromatic carbocycles. The lowest BCUT2D eigenvalue weighted by atomic mass is 9.82. The van der Waals surface area contributed by atoms with E-state index in [2.05, 4.69) is 29.8 Å². The first-order valence-electron chi connectivity index (χ1n) is 9.89. The van der Waals surface area contributed by atoms with Crippen LogP contribution < -0.4 is 5.59 Å². The number of fused-ring (bicyclic) bond motifs is 1. The number of hydrogen-bond acceptors (Lipinski definition) is 6. The van der Waals surface area contributed by atoms with E-state index in [9.17, 15) is 10.1 Å². The zero-order valence-corrected chi connectivity index (χ0v) is 19.3. The number of rotatable bonds is 7. The average Bonchev–Trinajstić information content (AvgIpc) is 3.08. The van der Waals surface area contributed by atoms with Crippen LogP contribution in [-0.2, 0) is 20.7 Å². The monoisotopic (exact) mass is 419 g/mol. The zero-order chi connectivity index (χ0) is 21.6. The molecule has 0 bridgehead atoms. The van der Waals surface area contributed by atoms with Gasteiger partial charge in [-0.1, -0.05) is 19.6 Å². The van der Waals surface area contributed by atoms with Crippen LogP contribution >= 0.6 is 0 Å². The molecule has 0 saturated carbocycles. The van der Waals surface area contributed by atoms with Crippen LogP contribution in [-0.4, -0.2) is 48.1 Å². The van der Waals surface area contributed by atoms with Gasteiger partial charge in [-0.15, -0.1) is 0 Å². The van der Waals surface area contributed by atoms with E-state index >= 15 is 0 Å². The lowest BCUT2D eigenvalue weighted by molar-refractivity contribution is -0.384. The van der Waals surface area contributed by atoms with Crippen molar-refractivity contribution in [3.63, 3.8) is 0 Å². The van der Waals surface area contributed by atoms with Crippen molar-refractivity contribution in [2.75, 3.05) is 6.61 Å². The SMILES string of the molecule is CC1(C)OB(c2[nH]nc3c(COCC[Si](C)(C)C)cc([N+](=O)[O-])cc23)OC1(C)C. The number of hydrogen-bond donors (Lipinski definition) is 1. The van der Waals surface area contributed by atoms with E-state index in [1.54, 1.807) is 0 Å². The number of nitrogens with zero attached hydrogens (tertiary/aromatic N) is 2. The first-order chi connectivity index (χ1) is 13.3. The molecule has 1 N–H and O–H groups in total. The largest absolute Gasteiger partial charge is 0.514 e. The summed E-state index contributed by atoms with van der Waals surface area (Å²) in [4.78, 5) is 11.1. The number of aromatic amines is 1. The highest BCUT2D eigenvalue weighted by atomic mass is 28.3. The van der Waals surface area contributed by atoms with Gasteiger partial charge in [-0.05, 0) is 33.7 Å². The molecular formula is C19H30BN3O5Si. The molecular weight excluding hydrogens is 389 g/mol. The molecule has 158 valence electrons. The number of nitro benzene ring substituents is 1. The molecule has 0 aliphatic carbocycles.